The Hall–Kier alpha value is -1.38. The molecule has 1 fully saturated rings. The zero-order valence-corrected chi connectivity index (χ0v) is 10.8. The van der Waals surface area contributed by atoms with Gasteiger partial charge in [-0.25, -0.2) is 4.39 Å². The second-order valence-corrected chi connectivity index (χ2v) is 5.06. The standard InChI is InChI=1S/C15H18FO2/c1-10-3-6-12(7-4-10)15(17)18-13-8-5-11(2)14(16)9-13/h5,8-9,12H,3-4,6-7H2,1-2H3. The van der Waals surface area contributed by atoms with E-state index in [0.717, 1.165) is 25.7 Å². The summed E-state index contributed by atoms with van der Waals surface area (Å²) in [6, 6.07) is 4.53. The second kappa shape index (κ2) is 5.51. The van der Waals surface area contributed by atoms with Crippen molar-refractivity contribution in [1.29, 1.82) is 0 Å². The molecule has 1 aliphatic carbocycles. The molecule has 0 heterocycles. The molecule has 2 nitrogen and oxygen atoms in total. The largest absolute Gasteiger partial charge is 0.426 e. The van der Waals surface area contributed by atoms with Crippen LogP contribution < -0.4 is 4.74 Å². The van der Waals surface area contributed by atoms with E-state index in [4.69, 9.17) is 4.74 Å². The lowest BCUT2D eigenvalue weighted by atomic mass is 9.83. The number of hydrogen-bond donors (Lipinski definition) is 0. The number of benzene rings is 1. The van der Waals surface area contributed by atoms with Crippen LogP contribution in [0.5, 0.6) is 5.75 Å². The molecule has 18 heavy (non-hydrogen) atoms. The Morgan fingerprint density at radius 3 is 2.56 bits per heavy atom. The van der Waals surface area contributed by atoms with E-state index in [-0.39, 0.29) is 17.7 Å². The predicted molar refractivity (Wildman–Crippen MR) is 67.6 cm³/mol. The summed E-state index contributed by atoms with van der Waals surface area (Å²) in [5, 5.41) is 0. The first-order chi connectivity index (χ1) is 8.56. The first kappa shape index (κ1) is 13.1. The van der Waals surface area contributed by atoms with Gasteiger partial charge in [0.05, 0.1) is 5.92 Å². The molecule has 2 rings (SSSR count). The smallest absolute Gasteiger partial charge is 0.314 e. The molecular weight excluding hydrogens is 231 g/mol. The molecule has 0 spiro atoms. The average Bonchev–Trinajstić information content (AvgIpc) is 2.34. The minimum atomic E-state index is -0.340. The Balaban J connectivity index is 1.96. The van der Waals surface area contributed by atoms with E-state index in [9.17, 15) is 9.18 Å². The van der Waals surface area contributed by atoms with Crippen LogP contribution in [0.3, 0.4) is 0 Å². The molecule has 0 saturated heterocycles. The number of carbonyl (C=O) groups is 1. The lowest BCUT2D eigenvalue weighted by Crippen LogP contribution is -2.24. The van der Waals surface area contributed by atoms with Crippen molar-refractivity contribution < 1.29 is 13.9 Å². The fourth-order valence-corrected chi connectivity index (χ4v) is 2.18. The highest BCUT2D eigenvalue weighted by Gasteiger charge is 2.26. The van der Waals surface area contributed by atoms with Gasteiger partial charge in [-0.15, -0.1) is 0 Å². The zero-order valence-electron chi connectivity index (χ0n) is 10.8. The van der Waals surface area contributed by atoms with Crippen molar-refractivity contribution in [1.82, 2.24) is 0 Å². The zero-order chi connectivity index (χ0) is 13.1. The van der Waals surface area contributed by atoms with Crippen LogP contribution in [0, 0.1) is 24.6 Å². The number of rotatable bonds is 2. The van der Waals surface area contributed by atoms with Gasteiger partial charge in [-0.3, -0.25) is 4.79 Å². The summed E-state index contributed by atoms with van der Waals surface area (Å²) < 4.78 is 18.6. The summed E-state index contributed by atoms with van der Waals surface area (Å²) in [5.41, 5.74) is 0.553. The van der Waals surface area contributed by atoms with E-state index in [2.05, 4.69) is 6.92 Å². The van der Waals surface area contributed by atoms with Crippen molar-refractivity contribution in [2.24, 2.45) is 5.92 Å². The quantitative estimate of drug-likeness (QED) is 0.588. The number of esters is 1. The van der Waals surface area contributed by atoms with Crippen LogP contribution in [0.1, 0.15) is 38.2 Å². The highest BCUT2D eigenvalue weighted by molar-refractivity contribution is 5.75. The van der Waals surface area contributed by atoms with Crippen LogP contribution >= 0.6 is 0 Å². The molecule has 0 N–H and O–H groups in total. The number of aryl methyl sites for hydroxylation is 1. The fraction of sp³-hybridized carbons (Fsp3) is 0.467. The van der Waals surface area contributed by atoms with Crippen molar-refractivity contribution in [2.45, 2.75) is 39.5 Å². The molecule has 1 saturated carbocycles. The van der Waals surface area contributed by atoms with Gasteiger partial charge in [0.1, 0.15) is 11.6 Å². The van der Waals surface area contributed by atoms with Crippen molar-refractivity contribution in [3.63, 3.8) is 0 Å². The first-order valence-electron chi connectivity index (χ1n) is 6.35. The third-order valence-electron chi connectivity index (χ3n) is 3.53. The van der Waals surface area contributed by atoms with Gasteiger partial charge in [0.2, 0.25) is 0 Å². The summed E-state index contributed by atoms with van der Waals surface area (Å²) in [6.07, 6.45) is 3.67. The van der Waals surface area contributed by atoms with Crippen LogP contribution in [0.4, 0.5) is 4.39 Å². The molecule has 97 valence electrons. The Morgan fingerprint density at radius 2 is 1.94 bits per heavy atom. The lowest BCUT2D eigenvalue weighted by Gasteiger charge is -2.24. The third kappa shape index (κ3) is 3.09. The van der Waals surface area contributed by atoms with Crippen LogP contribution in [0.2, 0.25) is 0 Å². The predicted octanol–water partition coefficient (Wildman–Crippen LogP) is 3.82. The van der Waals surface area contributed by atoms with Gasteiger partial charge in [0.15, 0.2) is 0 Å². The van der Waals surface area contributed by atoms with E-state index < -0.39 is 0 Å². The summed E-state index contributed by atoms with van der Waals surface area (Å²) in [4.78, 5) is 11.9. The summed E-state index contributed by atoms with van der Waals surface area (Å²) in [5.74, 6) is 1.13. The van der Waals surface area contributed by atoms with Gasteiger partial charge in [-0.05, 0) is 50.2 Å². The Bertz CT molecular complexity index is 434. The molecule has 0 amide bonds. The average molecular weight is 249 g/mol. The van der Waals surface area contributed by atoms with Crippen molar-refractivity contribution in [2.75, 3.05) is 0 Å². The SMILES string of the molecule is C[C]1CCC(C(=O)Oc2ccc(C)c(F)c2)CC1. The van der Waals surface area contributed by atoms with E-state index in [0.29, 0.717) is 11.3 Å². The Kier molecular flexibility index (Phi) is 4.00. The van der Waals surface area contributed by atoms with E-state index in [1.54, 1.807) is 19.1 Å². The minimum Gasteiger partial charge on any atom is -0.426 e. The van der Waals surface area contributed by atoms with Crippen molar-refractivity contribution in [3.05, 3.63) is 35.5 Å². The first-order valence-corrected chi connectivity index (χ1v) is 6.35. The molecule has 0 atom stereocenters. The number of halogens is 1. The van der Waals surface area contributed by atoms with Crippen LogP contribution in [0.15, 0.2) is 18.2 Å². The molecule has 1 aromatic carbocycles. The van der Waals surface area contributed by atoms with Crippen molar-refractivity contribution >= 4 is 5.97 Å². The molecule has 0 unspecified atom stereocenters. The van der Waals surface area contributed by atoms with Crippen LogP contribution in [-0.2, 0) is 4.79 Å². The summed E-state index contributed by atoms with van der Waals surface area (Å²) in [7, 11) is 0. The molecule has 1 radical (unpaired) electrons. The maximum atomic E-state index is 13.3. The maximum absolute atomic E-state index is 13.3. The van der Waals surface area contributed by atoms with Crippen LogP contribution in [0.25, 0.3) is 0 Å². The monoisotopic (exact) mass is 249 g/mol. The Morgan fingerprint density at radius 1 is 1.28 bits per heavy atom. The molecule has 1 aliphatic rings. The molecular formula is C15H18FO2. The van der Waals surface area contributed by atoms with E-state index in [1.165, 1.54) is 12.0 Å². The van der Waals surface area contributed by atoms with Gasteiger partial charge >= 0.3 is 5.97 Å². The van der Waals surface area contributed by atoms with Crippen LogP contribution in [-0.4, -0.2) is 5.97 Å². The summed E-state index contributed by atoms with van der Waals surface area (Å²) in [6.45, 7) is 3.80. The molecule has 0 bridgehead atoms. The van der Waals surface area contributed by atoms with E-state index >= 15 is 0 Å². The van der Waals surface area contributed by atoms with E-state index in [1.807, 2.05) is 0 Å². The molecule has 3 heteroatoms. The number of hydrogen-bond acceptors (Lipinski definition) is 2. The lowest BCUT2D eigenvalue weighted by molar-refractivity contribution is -0.139. The number of carbonyl (C=O) groups excluding carboxylic acids is 1. The normalized spacial score (nSPS) is 17.7. The number of ether oxygens (including phenoxy) is 1. The van der Waals surface area contributed by atoms with Gasteiger partial charge in [-0.2, -0.15) is 0 Å². The topological polar surface area (TPSA) is 26.3 Å². The third-order valence-corrected chi connectivity index (χ3v) is 3.53. The van der Waals surface area contributed by atoms with Gasteiger partial charge in [-0.1, -0.05) is 13.0 Å². The minimum absolute atomic E-state index is 0.0435. The second-order valence-electron chi connectivity index (χ2n) is 5.06. The van der Waals surface area contributed by atoms with Gasteiger partial charge < -0.3 is 4.74 Å². The molecule has 1 aromatic rings. The Labute approximate surface area is 107 Å². The molecule has 0 aromatic heterocycles. The summed E-state index contributed by atoms with van der Waals surface area (Å²) >= 11 is 0. The highest BCUT2D eigenvalue weighted by Crippen LogP contribution is 2.30. The fourth-order valence-electron chi connectivity index (χ4n) is 2.18. The van der Waals surface area contributed by atoms with Gasteiger partial charge in [0, 0.05) is 6.07 Å². The van der Waals surface area contributed by atoms with Gasteiger partial charge in [0.25, 0.3) is 0 Å². The molecule has 0 aliphatic heterocycles. The maximum Gasteiger partial charge on any atom is 0.314 e. The highest BCUT2D eigenvalue weighted by atomic mass is 19.1. The van der Waals surface area contributed by atoms with Crippen molar-refractivity contribution in [3.8, 4) is 5.75 Å².